The first kappa shape index (κ1) is 26.9. The van der Waals surface area contributed by atoms with Crippen LogP contribution in [0.3, 0.4) is 0 Å². The summed E-state index contributed by atoms with van der Waals surface area (Å²) in [4.78, 5) is 9.64. The van der Waals surface area contributed by atoms with E-state index in [-0.39, 0.29) is 24.0 Å². The van der Waals surface area contributed by atoms with E-state index in [1.54, 1.807) is 0 Å². The van der Waals surface area contributed by atoms with Crippen LogP contribution in [0.4, 0.5) is 0 Å². The number of rotatable bonds is 12. The highest BCUT2D eigenvalue weighted by atomic mass is 127. The van der Waals surface area contributed by atoms with Gasteiger partial charge in [-0.25, -0.2) is 0 Å². The topological polar surface area (TPSA) is 52.1 Å². The average Bonchev–Trinajstić information content (AvgIpc) is 2.61. The van der Waals surface area contributed by atoms with Gasteiger partial charge in [-0.2, -0.15) is 0 Å². The van der Waals surface area contributed by atoms with Crippen molar-refractivity contribution in [1.82, 2.24) is 20.4 Å². The molecule has 1 aliphatic rings. The van der Waals surface area contributed by atoms with Gasteiger partial charge in [0.15, 0.2) is 5.96 Å². The number of aliphatic imine (C=N–C) groups is 1. The molecule has 0 aromatic heterocycles. The molecule has 7 heteroatoms. The zero-order valence-electron chi connectivity index (χ0n) is 18.3. The molecule has 1 aliphatic heterocycles. The predicted octanol–water partition coefficient (Wildman–Crippen LogP) is 2.78. The van der Waals surface area contributed by atoms with E-state index in [1.165, 1.54) is 25.7 Å². The summed E-state index contributed by atoms with van der Waals surface area (Å²) in [5.74, 6) is 0.970. The highest BCUT2D eigenvalue weighted by Gasteiger charge is 2.19. The maximum Gasteiger partial charge on any atom is 0.191 e. The molecular weight excluding hydrogens is 453 g/mol. The third-order valence-corrected chi connectivity index (χ3v) is 4.78. The van der Waals surface area contributed by atoms with Gasteiger partial charge >= 0.3 is 0 Å². The van der Waals surface area contributed by atoms with Crippen LogP contribution in [0.2, 0.25) is 0 Å². The first-order chi connectivity index (χ1) is 12.5. The van der Waals surface area contributed by atoms with Gasteiger partial charge in [-0.3, -0.25) is 4.99 Å². The molecule has 0 unspecified atom stereocenters. The molecule has 1 rings (SSSR count). The summed E-state index contributed by atoms with van der Waals surface area (Å²) in [6.45, 7) is 16.6. The van der Waals surface area contributed by atoms with Gasteiger partial charge in [0.1, 0.15) is 0 Å². The van der Waals surface area contributed by atoms with Gasteiger partial charge in [0.05, 0.1) is 19.3 Å². The second-order valence-electron chi connectivity index (χ2n) is 7.60. The quantitative estimate of drug-likeness (QED) is 0.247. The van der Waals surface area contributed by atoms with Crippen molar-refractivity contribution in [3.63, 3.8) is 0 Å². The molecule has 0 radical (unpaired) electrons. The van der Waals surface area contributed by atoms with Crippen molar-refractivity contribution in [1.29, 1.82) is 0 Å². The standard InChI is InChI=1S/C20H43N5O.HI/c1-6-8-12-24(5)15-11-22-20(21-7-2)23-19-9-13-25(14-10-19)16-17-26-18(3)4;/h18-19H,6-17H2,1-5H3,(H2,21,22,23);1H. The predicted molar refractivity (Wildman–Crippen MR) is 127 cm³/mol. The lowest BCUT2D eigenvalue weighted by Gasteiger charge is -2.33. The third kappa shape index (κ3) is 13.7. The number of ether oxygens (including phenoxy) is 1. The zero-order chi connectivity index (χ0) is 19.2. The van der Waals surface area contributed by atoms with Crippen LogP contribution in [0.15, 0.2) is 4.99 Å². The Morgan fingerprint density at radius 2 is 1.93 bits per heavy atom. The molecule has 2 N–H and O–H groups in total. The van der Waals surface area contributed by atoms with Crippen LogP contribution in [0.1, 0.15) is 53.4 Å². The Balaban J connectivity index is 0.00000676. The summed E-state index contributed by atoms with van der Waals surface area (Å²) in [5, 5.41) is 7.02. The number of nitrogens with one attached hydrogen (secondary N) is 2. The van der Waals surface area contributed by atoms with Crippen LogP contribution in [-0.4, -0.2) is 87.4 Å². The molecule has 0 bridgehead atoms. The Bertz CT molecular complexity index is 373. The number of piperidine rings is 1. The lowest BCUT2D eigenvalue weighted by Crippen LogP contribution is -2.49. The number of hydrogen-bond acceptors (Lipinski definition) is 4. The molecule has 0 aromatic carbocycles. The zero-order valence-corrected chi connectivity index (χ0v) is 20.6. The summed E-state index contributed by atoms with van der Waals surface area (Å²) in [6, 6.07) is 0.521. The van der Waals surface area contributed by atoms with Gasteiger partial charge in [0.25, 0.3) is 0 Å². The van der Waals surface area contributed by atoms with E-state index in [0.717, 1.165) is 58.4 Å². The van der Waals surface area contributed by atoms with E-state index in [0.29, 0.717) is 12.1 Å². The Labute approximate surface area is 184 Å². The van der Waals surface area contributed by atoms with Crippen molar-refractivity contribution in [2.75, 3.05) is 59.5 Å². The number of halogens is 1. The Hall–Kier alpha value is -0.120. The van der Waals surface area contributed by atoms with Gasteiger partial charge in [-0.1, -0.05) is 13.3 Å². The van der Waals surface area contributed by atoms with E-state index in [9.17, 15) is 0 Å². The van der Waals surface area contributed by atoms with E-state index < -0.39 is 0 Å². The van der Waals surface area contributed by atoms with Crippen molar-refractivity contribution < 1.29 is 4.74 Å². The minimum absolute atomic E-state index is 0. The van der Waals surface area contributed by atoms with Crippen LogP contribution >= 0.6 is 24.0 Å². The SMILES string of the molecule is CCCCN(C)CCN=C(NCC)NC1CCN(CCOC(C)C)CC1.I. The van der Waals surface area contributed by atoms with Crippen molar-refractivity contribution in [2.24, 2.45) is 4.99 Å². The molecule has 0 atom stereocenters. The van der Waals surface area contributed by atoms with Gasteiger partial charge in [0, 0.05) is 38.8 Å². The van der Waals surface area contributed by atoms with Crippen molar-refractivity contribution in [3.8, 4) is 0 Å². The second kappa shape index (κ2) is 16.8. The fourth-order valence-corrected chi connectivity index (χ4v) is 3.10. The van der Waals surface area contributed by atoms with E-state index in [4.69, 9.17) is 9.73 Å². The Kier molecular flexibility index (Phi) is 16.7. The van der Waals surface area contributed by atoms with Gasteiger partial charge in [0.2, 0.25) is 0 Å². The van der Waals surface area contributed by atoms with E-state index in [1.807, 2.05) is 0 Å². The Morgan fingerprint density at radius 3 is 2.52 bits per heavy atom. The summed E-state index contributed by atoms with van der Waals surface area (Å²) in [6.07, 6.45) is 5.18. The van der Waals surface area contributed by atoms with Crippen LogP contribution in [-0.2, 0) is 4.74 Å². The molecule has 1 fully saturated rings. The molecule has 1 heterocycles. The van der Waals surface area contributed by atoms with E-state index >= 15 is 0 Å². The lowest BCUT2D eigenvalue weighted by molar-refractivity contribution is 0.0532. The summed E-state index contributed by atoms with van der Waals surface area (Å²) in [7, 11) is 2.18. The highest BCUT2D eigenvalue weighted by molar-refractivity contribution is 14.0. The number of nitrogens with zero attached hydrogens (tertiary/aromatic N) is 3. The molecule has 162 valence electrons. The lowest BCUT2D eigenvalue weighted by atomic mass is 10.1. The number of likely N-dealkylation sites (N-methyl/N-ethyl adjacent to an activating group) is 1. The van der Waals surface area contributed by atoms with Crippen molar-refractivity contribution in [3.05, 3.63) is 0 Å². The monoisotopic (exact) mass is 497 g/mol. The highest BCUT2D eigenvalue weighted by Crippen LogP contribution is 2.10. The number of unbranched alkanes of at least 4 members (excludes halogenated alkanes) is 1. The molecule has 0 amide bonds. The van der Waals surface area contributed by atoms with Crippen molar-refractivity contribution in [2.45, 2.75) is 65.5 Å². The molecule has 27 heavy (non-hydrogen) atoms. The first-order valence-electron chi connectivity index (χ1n) is 10.6. The molecule has 6 nitrogen and oxygen atoms in total. The average molecular weight is 498 g/mol. The molecular formula is C20H44IN5O. The number of guanidine groups is 1. The Morgan fingerprint density at radius 1 is 1.22 bits per heavy atom. The first-order valence-corrected chi connectivity index (χ1v) is 10.6. The molecule has 1 saturated heterocycles. The maximum absolute atomic E-state index is 5.67. The minimum Gasteiger partial charge on any atom is -0.377 e. The minimum atomic E-state index is 0. The van der Waals surface area contributed by atoms with Crippen LogP contribution in [0, 0.1) is 0 Å². The second-order valence-corrected chi connectivity index (χ2v) is 7.60. The maximum atomic E-state index is 5.67. The van der Waals surface area contributed by atoms with Gasteiger partial charge in [-0.15, -0.1) is 24.0 Å². The van der Waals surface area contributed by atoms with Crippen LogP contribution < -0.4 is 10.6 Å². The molecule has 0 spiro atoms. The third-order valence-electron chi connectivity index (χ3n) is 4.78. The molecule has 0 aromatic rings. The van der Waals surface area contributed by atoms with Crippen LogP contribution in [0.25, 0.3) is 0 Å². The summed E-state index contributed by atoms with van der Waals surface area (Å²) in [5.41, 5.74) is 0. The smallest absolute Gasteiger partial charge is 0.191 e. The summed E-state index contributed by atoms with van der Waals surface area (Å²) < 4.78 is 5.67. The normalized spacial score (nSPS) is 16.6. The largest absolute Gasteiger partial charge is 0.377 e. The van der Waals surface area contributed by atoms with Crippen LogP contribution in [0.5, 0.6) is 0 Å². The number of likely N-dealkylation sites (tertiary alicyclic amines) is 1. The van der Waals surface area contributed by atoms with Gasteiger partial charge in [-0.05, 0) is 53.6 Å². The fourth-order valence-electron chi connectivity index (χ4n) is 3.10. The van der Waals surface area contributed by atoms with Gasteiger partial charge < -0.3 is 25.2 Å². The van der Waals surface area contributed by atoms with Crippen molar-refractivity contribution >= 4 is 29.9 Å². The molecule has 0 aliphatic carbocycles. The fraction of sp³-hybridized carbons (Fsp3) is 0.950. The number of hydrogen-bond donors (Lipinski definition) is 2. The van der Waals surface area contributed by atoms with E-state index in [2.05, 4.69) is 55.2 Å². The summed E-state index contributed by atoms with van der Waals surface area (Å²) >= 11 is 0. The molecule has 0 saturated carbocycles.